The van der Waals surface area contributed by atoms with Gasteiger partial charge < -0.3 is 5.32 Å². The number of anilines is 1. The van der Waals surface area contributed by atoms with Crippen molar-refractivity contribution in [2.75, 3.05) is 4.72 Å². The van der Waals surface area contributed by atoms with Crippen LogP contribution in [0, 0.1) is 13.8 Å². The molecular weight excluding hydrogens is 408 g/mol. The maximum atomic E-state index is 13.0. The summed E-state index contributed by atoms with van der Waals surface area (Å²) in [4.78, 5) is 13.1. The Morgan fingerprint density at radius 1 is 0.968 bits per heavy atom. The Morgan fingerprint density at radius 3 is 2.48 bits per heavy atom. The fraction of sp³-hybridized carbons (Fsp3) is 0.240. The first-order valence-electron chi connectivity index (χ1n) is 10.4. The second-order valence-electron chi connectivity index (χ2n) is 8.07. The molecule has 0 heterocycles. The Bertz CT molecular complexity index is 1220. The smallest absolute Gasteiger partial charge is 0.262 e. The van der Waals surface area contributed by atoms with Crippen molar-refractivity contribution in [1.82, 2.24) is 5.32 Å². The minimum absolute atomic E-state index is 0.0653. The van der Waals surface area contributed by atoms with Crippen molar-refractivity contribution in [3.63, 3.8) is 0 Å². The summed E-state index contributed by atoms with van der Waals surface area (Å²) in [5, 5.41) is 3.09. The van der Waals surface area contributed by atoms with Gasteiger partial charge in [0.25, 0.3) is 15.9 Å². The first-order valence-corrected chi connectivity index (χ1v) is 11.9. The van der Waals surface area contributed by atoms with Gasteiger partial charge in [0.15, 0.2) is 0 Å². The Balaban J connectivity index is 1.57. The lowest BCUT2D eigenvalue weighted by Gasteiger charge is -2.26. The number of carbonyl (C=O) groups is 1. The Hall–Kier alpha value is -3.12. The molecule has 1 aliphatic rings. The van der Waals surface area contributed by atoms with E-state index in [1.807, 2.05) is 31.2 Å². The number of hydrogen-bond donors (Lipinski definition) is 2. The van der Waals surface area contributed by atoms with Gasteiger partial charge in [0.05, 0.1) is 10.9 Å². The zero-order valence-corrected chi connectivity index (χ0v) is 18.5. The molecule has 0 bridgehead atoms. The molecule has 0 spiro atoms. The number of fused-ring (bicyclic) bond motifs is 1. The number of carbonyl (C=O) groups excluding carboxylic acids is 1. The lowest BCUT2D eigenvalue weighted by molar-refractivity contribution is 0.0932. The zero-order valence-electron chi connectivity index (χ0n) is 17.7. The fourth-order valence-electron chi connectivity index (χ4n) is 4.01. The van der Waals surface area contributed by atoms with Crippen LogP contribution in [0.5, 0.6) is 0 Å². The van der Waals surface area contributed by atoms with E-state index in [1.165, 1.54) is 11.6 Å². The summed E-state index contributed by atoms with van der Waals surface area (Å²) in [6.07, 6.45) is 2.89. The average molecular weight is 435 g/mol. The highest BCUT2D eigenvalue weighted by Gasteiger charge is 2.24. The maximum Gasteiger partial charge on any atom is 0.262 e. The van der Waals surface area contributed by atoms with Gasteiger partial charge in [0.2, 0.25) is 0 Å². The van der Waals surface area contributed by atoms with Crippen molar-refractivity contribution >= 4 is 21.6 Å². The molecule has 2 N–H and O–H groups in total. The van der Waals surface area contributed by atoms with Gasteiger partial charge in [-0.25, -0.2) is 8.42 Å². The van der Waals surface area contributed by atoms with Crippen molar-refractivity contribution in [3.8, 4) is 0 Å². The van der Waals surface area contributed by atoms with Crippen molar-refractivity contribution in [3.05, 3.63) is 94.5 Å². The monoisotopic (exact) mass is 434 g/mol. The fourth-order valence-corrected chi connectivity index (χ4v) is 5.34. The quantitative estimate of drug-likeness (QED) is 0.599. The summed E-state index contributed by atoms with van der Waals surface area (Å²) < 4.78 is 28.6. The highest BCUT2D eigenvalue weighted by molar-refractivity contribution is 7.92. The third kappa shape index (κ3) is 4.64. The lowest BCUT2D eigenvalue weighted by Crippen LogP contribution is -2.31. The van der Waals surface area contributed by atoms with E-state index in [1.54, 1.807) is 31.2 Å². The summed E-state index contributed by atoms with van der Waals surface area (Å²) in [6.45, 7) is 3.66. The molecule has 1 aliphatic carbocycles. The molecule has 5 nitrogen and oxygen atoms in total. The minimum Gasteiger partial charge on any atom is -0.345 e. The van der Waals surface area contributed by atoms with E-state index in [-0.39, 0.29) is 16.8 Å². The molecule has 3 aromatic carbocycles. The van der Waals surface area contributed by atoms with E-state index in [0.717, 1.165) is 30.4 Å². The van der Waals surface area contributed by atoms with Crippen LogP contribution < -0.4 is 10.0 Å². The van der Waals surface area contributed by atoms with Crippen LogP contribution in [-0.4, -0.2) is 14.3 Å². The van der Waals surface area contributed by atoms with Crippen LogP contribution in [0.2, 0.25) is 0 Å². The van der Waals surface area contributed by atoms with Gasteiger partial charge in [-0.3, -0.25) is 9.52 Å². The Morgan fingerprint density at radius 2 is 1.71 bits per heavy atom. The minimum atomic E-state index is -3.82. The molecular formula is C25H26N2O3S. The SMILES string of the molecule is Cc1ccc(NS(=O)(=O)c2cc(C(=O)N[C@@H]3CCCc4ccccc43)ccc2C)cc1. The van der Waals surface area contributed by atoms with E-state index in [2.05, 4.69) is 22.2 Å². The third-order valence-electron chi connectivity index (χ3n) is 5.72. The number of amides is 1. The van der Waals surface area contributed by atoms with Crippen LogP contribution in [0.15, 0.2) is 71.6 Å². The maximum absolute atomic E-state index is 13.0. The predicted octanol–water partition coefficient (Wildman–Crippen LogP) is 4.91. The van der Waals surface area contributed by atoms with E-state index in [9.17, 15) is 13.2 Å². The molecule has 1 atom stereocenters. The first-order chi connectivity index (χ1) is 14.8. The second-order valence-corrected chi connectivity index (χ2v) is 9.72. The van der Waals surface area contributed by atoms with E-state index in [4.69, 9.17) is 0 Å². The molecule has 0 fully saturated rings. The third-order valence-corrected chi connectivity index (χ3v) is 7.24. The average Bonchev–Trinajstić information content (AvgIpc) is 2.75. The summed E-state index contributed by atoms with van der Waals surface area (Å²) >= 11 is 0. The van der Waals surface area contributed by atoms with Crippen LogP contribution >= 0.6 is 0 Å². The highest BCUT2D eigenvalue weighted by Crippen LogP contribution is 2.30. The van der Waals surface area contributed by atoms with Crippen molar-refractivity contribution < 1.29 is 13.2 Å². The number of hydrogen-bond acceptors (Lipinski definition) is 3. The summed E-state index contributed by atoms with van der Waals surface area (Å²) in [5.41, 5.74) is 4.84. The van der Waals surface area contributed by atoms with Crippen molar-refractivity contribution in [2.24, 2.45) is 0 Å². The van der Waals surface area contributed by atoms with E-state index in [0.29, 0.717) is 16.8 Å². The van der Waals surface area contributed by atoms with E-state index < -0.39 is 10.0 Å². The molecule has 1 amide bonds. The second kappa shape index (κ2) is 8.55. The summed E-state index contributed by atoms with van der Waals surface area (Å²) in [7, 11) is -3.82. The molecule has 31 heavy (non-hydrogen) atoms. The molecule has 6 heteroatoms. The Labute approximate surface area is 183 Å². The van der Waals surface area contributed by atoms with Crippen LogP contribution in [-0.2, 0) is 16.4 Å². The van der Waals surface area contributed by atoms with Crippen molar-refractivity contribution in [2.45, 2.75) is 44.0 Å². The van der Waals surface area contributed by atoms with Gasteiger partial charge in [-0.05, 0) is 74.1 Å². The molecule has 0 radical (unpaired) electrons. The molecule has 3 aromatic rings. The highest BCUT2D eigenvalue weighted by atomic mass is 32.2. The van der Waals surface area contributed by atoms with Crippen LogP contribution in [0.3, 0.4) is 0 Å². The van der Waals surface area contributed by atoms with Crippen LogP contribution in [0.1, 0.15) is 51.5 Å². The molecule has 4 rings (SSSR count). The van der Waals surface area contributed by atoms with Gasteiger partial charge in [-0.2, -0.15) is 0 Å². The summed E-state index contributed by atoms with van der Waals surface area (Å²) in [5.74, 6) is -0.270. The van der Waals surface area contributed by atoms with Gasteiger partial charge in [-0.15, -0.1) is 0 Å². The number of aryl methyl sites for hydroxylation is 3. The standard InChI is InChI=1S/C25H26N2O3S/c1-17-10-14-21(15-11-17)27-31(29,30)24-16-20(13-12-18(24)2)25(28)26-23-9-5-7-19-6-3-4-8-22(19)23/h3-4,6,8,10-16,23,27H,5,7,9H2,1-2H3,(H,26,28)/t23-/m1/s1. The van der Waals surface area contributed by atoms with Gasteiger partial charge in [-0.1, -0.05) is 48.0 Å². The summed E-state index contributed by atoms with van der Waals surface area (Å²) in [6, 6.07) is 20.0. The predicted molar refractivity (Wildman–Crippen MR) is 123 cm³/mol. The molecule has 0 aromatic heterocycles. The zero-order chi connectivity index (χ0) is 22.0. The largest absolute Gasteiger partial charge is 0.345 e. The van der Waals surface area contributed by atoms with E-state index >= 15 is 0 Å². The van der Waals surface area contributed by atoms with Gasteiger partial charge >= 0.3 is 0 Å². The van der Waals surface area contributed by atoms with Gasteiger partial charge in [0, 0.05) is 11.3 Å². The van der Waals surface area contributed by atoms with Crippen LogP contribution in [0.4, 0.5) is 5.69 Å². The lowest BCUT2D eigenvalue weighted by atomic mass is 9.87. The molecule has 0 saturated carbocycles. The molecule has 0 unspecified atom stereocenters. The molecule has 0 saturated heterocycles. The number of benzene rings is 3. The number of nitrogens with one attached hydrogen (secondary N) is 2. The molecule has 160 valence electrons. The Kier molecular flexibility index (Phi) is 5.83. The van der Waals surface area contributed by atoms with Crippen LogP contribution in [0.25, 0.3) is 0 Å². The number of rotatable bonds is 5. The normalized spacial score (nSPS) is 15.7. The molecule has 0 aliphatic heterocycles. The topological polar surface area (TPSA) is 75.3 Å². The van der Waals surface area contributed by atoms with Gasteiger partial charge in [0.1, 0.15) is 0 Å². The first kappa shape index (κ1) is 21.1. The number of sulfonamides is 1. The van der Waals surface area contributed by atoms with Crippen molar-refractivity contribution in [1.29, 1.82) is 0 Å².